The Hall–Kier alpha value is -1.40. The maximum absolute atomic E-state index is 5.88. The molecule has 2 N–H and O–H groups in total. The lowest BCUT2D eigenvalue weighted by molar-refractivity contribution is 0.322. The highest BCUT2D eigenvalue weighted by Gasteiger charge is 2.21. The van der Waals surface area contributed by atoms with Gasteiger partial charge in [-0.15, -0.1) is 0 Å². The van der Waals surface area contributed by atoms with Crippen LogP contribution in [-0.2, 0) is 0 Å². The van der Waals surface area contributed by atoms with Crippen LogP contribution in [0.3, 0.4) is 0 Å². The minimum Gasteiger partial charge on any atom is -0.367 e. The molecule has 1 fully saturated rings. The van der Waals surface area contributed by atoms with Crippen molar-refractivity contribution in [3.63, 3.8) is 0 Å². The zero-order valence-corrected chi connectivity index (χ0v) is 10.9. The third-order valence-corrected chi connectivity index (χ3v) is 3.60. The van der Waals surface area contributed by atoms with Gasteiger partial charge >= 0.3 is 0 Å². The van der Waals surface area contributed by atoms with Crippen molar-refractivity contribution in [3.8, 4) is 0 Å². The molecule has 1 unspecified atom stereocenters. The van der Waals surface area contributed by atoms with Crippen LogP contribution in [-0.4, -0.2) is 51.0 Å². The molecule has 0 aromatic carbocycles. The van der Waals surface area contributed by atoms with Gasteiger partial charge in [-0.25, -0.2) is 4.98 Å². The molecular formula is C11H15ClN6. The molecule has 2 aromatic rings. The van der Waals surface area contributed by atoms with Crippen molar-refractivity contribution in [2.24, 2.45) is 0 Å². The van der Waals surface area contributed by atoms with Crippen LogP contribution in [0.5, 0.6) is 0 Å². The summed E-state index contributed by atoms with van der Waals surface area (Å²) in [6, 6.07) is 0.553. The summed E-state index contributed by atoms with van der Waals surface area (Å²) in [5, 5.41) is 3.56. The first kappa shape index (κ1) is 11.7. The number of halogens is 1. The van der Waals surface area contributed by atoms with Crippen LogP contribution in [0.2, 0.25) is 5.28 Å². The molecule has 3 heterocycles. The van der Waals surface area contributed by atoms with Gasteiger partial charge in [0.25, 0.3) is 0 Å². The topological polar surface area (TPSA) is 69.7 Å². The fourth-order valence-electron chi connectivity index (χ4n) is 2.39. The van der Waals surface area contributed by atoms with E-state index in [1.807, 2.05) is 0 Å². The fourth-order valence-corrected chi connectivity index (χ4v) is 2.55. The van der Waals surface area contributed by atoms with E-state index in [0.717, 1.165) is 24.4 Å². The van der Waals surface area contributed by atoms with Gasteiger partial charge in [0.1, 0.15) is 5.52 Å². The van der Waals surface area contributed by atoms with E-state index in [9.17, 15) is 0 Å². The molecule has 1 atom stereocenters. The van der Waals surface area contributed by atoms with Crippen molar-refractivity contribution in [3.05, 3.63) is 11.6 Å². The number of aromatic nitrogens is 4. The average molecular weight is 267 g/mol. The van der Waals surface area contributed by atoms with E-state index >= 15 is 0 Å². The summed E-state index contributed by atoms with van der Waals surface area (Å²) in [5.74, 6) is 0.725. The number of fused-ring (bicyclic) bond motifs is 1. The monoisotopic (exact) mass is 266 g/mol. The van der Waals surface area contributed by atoms with Gasteiger partial charge < -0.3 is 15.2 Å². The number of rotatable bonds is 3. The second-order valence-electron chi connectivity index (χ2n) is 4.60. The van der Waals surface area contributed by atoms with E-state index in [1.165, 1.54) is 12.8 Å². The third-order valence-electron chi connectivity index (χ3n) is 3.43. The Morgan fingerprint density at radius 1 is 1.56 bits per heavy atom. The standard InChI is InChI=1S/C11H15ClN6/c1-18-4-2-3-7(18)5-13-9-8-10(15-6-14-8)17-11(12)16-9/h6-7H,2-5H2,1H3,(H2,13,14,15,16,17). The number of anilines is 1. The number of likely N-dealkylation sites (tertiary alicyclic amines) is 1. The van der Waals surface area contributed by atoms with Crippen LogP contribution in [0, 0.1) is 0 Å². The van der Waals surface area contributed by atoms with Crippen molar-refractivity contribution in [2.45, 2.75) is 18.9 Å². The maximum atomic E-state index is 5.88. The van der Waals surface area contributed by atoms with Crippen LogP contribution in [0.1, 0.15) is 12.8 Å². The maximum Gasteiger partial charge on any atom is 0.226 e. The van der Waals surface area contributed by atoms with Gasteiger partial charge in [-0.05, 0) is 38.0 Å². The molecule has 0 spiro atoms. The molecule has 0 aliphatic carbocycles. The predicted octanol–water partition coefficient (Wildman–Crippen LogP) is 1.51. The molecule has 1 aliphatic rings. The summed E-state index contributed by atoms with van der Waals surface area (Å²) in [6.45, 7) is 2.02. The van der Waals surface area contributed by atoms with E-state index in [0.29, 0.717) is 11.7 Å². The predicted molar refractivity (Wildman–Crippen MR) is 70.8 cm³/mol. The van der Waals surface area contributed by atoms with Crippen LogP contribution in [0.25, 0.3) is 11.2 Å². The van der Waals surface area contributed by atoms with E-state index in [-0.39, 0.29) is 5.28 Å². The van der Waals surface area contributed by atoms with Gasteiger partial charge in [-0.1, -0.05) is 0 Å². The number of likely N-dealkylation sites (N-methyl/N-ethyl adjacent to an activating group) is 1. The smallest absolute Gasteiger partial charge is 0.226 e. The normalized spacial score (nSPS) is 20.7. The summed E-state index contributed by atoms with van der Waals surface area (Å²) in [4.78, 5) is 17.8. The van der Waals surface area contributed by atoms with Crippen LogP contribution < -0.4 is 5.32 Å². The number of hydrogen-bond acceptors (Lipinski definition) is 5. The number of aromatic amines is 1. The molecule has 0 saturated carbocycles. The van der Waals surface area contributed by atoms with E-state index < -0.39 is 0 Å². The highest BCUT2D eigenvalue weighted by atomic mass is 35.5. The highest BCUT2D eigenvalue weighted by Crippen LogP contribution is 2.20. The number of nitrogens with one attached hydrogen (secondary N) is 2. The van der Waals surface area contributed by atoms with Gasteiger partial charge in [-0.2, -0.15) is 9.97 Å². The average Bonchev–Trinajstić information content (AvgIpc) is 2.94. The van der Waals surface area contributed by atoms with Gasteiger partial charge in [0, 0.05) is 12.6 Å². The lowest BCUT2D eigenvalue weighted by Crippen LogP contribution is -2.31. The van der Waals surface area contributed by atoms with Crippen LogP contribution >= 0.6 is 11.6 Å². The number of nitrogens with zero attached hydrogens (tertiary/aromatic N) is 4. The second kappa shape index (κ2) is 4.70. The molecule has 7 heteroatoms. The quantitative estimate of drug-likeness (QED) is 0.824. The molecule has 6 nitrogen and oxygen atoms in total. The molecular weight excluding hydrogens is 252 g/mol. The van der Waals surface area contributed by atoms with Crippen molar-refractivity contribution < 1.29 is 0 Å². The Kier molecular flexibility index (Phi) is 3.05. The van der Waals surface area contributed by atoms with E-state index in [4.69, 9.17) is 11.6 Å². The molecule has 1 aliphatic heterocycles. The minimum atomic E-state index is 0.219. The lowest BCUT2D eigenvalue weighted by atomic mass is 10.2. The zero-order chi connectivity index (χ0) is 12.5. The molecule has 2 aromatic heterocycles. The summed E-state index contributed by atoms with van der Waals surface area (Å²) in [5.41, 5.74) is 1.40. The van der Waals surface area contributed by atoms with Crippen molar-refractivity contribution in [2.75, 3.05) is 25.5 Å². The van der Waals surface area contributed by atoms with Gasteiger partial charge in [0.2, 0.25) is 5.28 Å². The largest absolute Gasteiger partial charge is 0.367 e. The SMILES string of the molecule is CN1CCCC1CNc1nc(Cl)nc2nc[nH]c12. The molecule has 18 heavy (non-hydrogen) atoms. The zero-order valence-electron chi connectivity index (χ0n) is 10.1. The van der Waals surface area contributed by atoms with E-state index in [1.54, 1.807) is 6.33 Å². The molecule has 0 amide bonds. The lowest BCUT2D eigenvalue weighted by Gasteiger charge is -2.20. The van der Waals surface area contributed by atoms with Crippen molar-refractivity contribution in [1.29, 1.82) is 0 Å². The molecule has 96 valence electrons. The molecule has 1 saturated heterocycles. The van der Waals surface area contributed by atoms with Gasteiger partial charge in [0.05, 0.1) is 6.33 Å². The molecule has 0 bridgehead atoms. The first-order valence-electron chi connectivity index (χ1n) is 6.05. The highest BCUT2D eigenvalue weighted by molar-refractivity contribution is 6.28. The molecule has 0 radical (unpaired) electrons. The van der Waals surface area contributed by atoms with Crippen molar-refractivity contribution >= 4 is 28.6 Å². The van der Waals surface area contributed by atoms with Crippen LogP contribution in [0.4, 0.5) is 5.82 Å². The first-order valence-corrected chi connectivity index (χ1v) is 6.42. The third kappa shape index (κ3) is 2.13. The summed E-state index contributed by atoms with van der Waals surface area (Å²) < 4.78 is 0. The van der Waals surface area contributed by atoms with Gasteiger partial charge in [0.15, 0.2) is 11.5 Å². The minimum absolute atomic E-state index is 0.219. The van der Waals surface area contributed by atoms with Crippen LogP contribution in [0.15, 0.2) is 6.33 Å². The first-order chi connectivity index (χ1) is 8.74. The van der Waals surface area contributed by atoms with Gasteiger partial charge in [-0.3, -0.25) is 0 Å². The summed E-state index contributed by atoms with van der Waals surface area (Å²) in [6.07, 6.45) is 4.07. The number of hydrogen-bond donors (Lipinski definition) is 2. The fraction of sp³-hybridized carbons (Fsp3) is 0.545. The molecule has 3 rings (SSSR count). The Morgan fingerprint density at radius 3 is 3.22 bits per heavy atom. The summed E-state index contributed by atoms with van der Waals surface area (Å²) in [7, 11) is 2.15. The summed E-state index contributed by atoms with van der Waals surface area (Å²) >= 11 is 5.88. The Labute approximate surface area is 110 Å². The number of H-pyrrole nitrogens is 1. The van der Waals surface area contributed by atoms with Crippen molar-refractivity contribution in [1.82, 2.24) is 24.8 Å². The Balaban J connectivity index is 1.79. The second-order valence-corrected chi connectivity index (χ2v) is 4.94. The van der Waals surface area contributed by atoms with E-state index in [2.05, 4.69) is 37.2 Å². The Morgan fingerprint density at radius 2 is 2.44 bits per heavy atom. The number of imidazole rings is 1. The Bertz CT molecular complexity index is 553.